The van der Waals surface area contributed by atoms with Crippen LogP contribution in [-0.2, 0) is 22.1 Å². The van der Waals surface area contributed by atoms with Crippen molar-refractivity contribution >= 4 is 16.9 Å². The van der Waals surface area contributed by atoms with Crippen molar-refractivity contribution in [2.75, 3.05) is 0 Å². The Labute approximate surface area is 144 Å². The van der Waals surface area contributed by atoms with Crippen molar-refractivity contribution in [1.29, 1.82) is 0 Å². The molecule has 0 spiro atoms. The summed E-state index contributed by atoms with van der Waals surface area (Å²) in [7, 11) is -0.119. The first kappa shape index (κ1) is 15.0. The number of benzene rings is 3. The summed E-state index contributed by atoms with van der Waals surface area (Å²) in [6.45, 7) is 1.42. The number of rotatable bonds is 2. The van der Waals surface area contributed by atoms with Crippen molar-refractivity contribution in [1.82, 2.24) is 0 Å². The minimum absolute atomic E-state index is 0.119. The molecule has 0 bridgehead atoms. The summed E-state index contributed by atoms with van der Waals surface area (Å²) in [5.74, 6) is 0.298. The Bertz CT molecular complexity index is 854. The van der Waals surface area contributed by atoms with Gasteiger partial charge in [-0.3, -0.25) is 4.79 Å². The zero-order valence-electron chi connectivity index (χ0n) is 13.4. The fourth-order valence-electron chi connectivity index (χ4n) is 3.09. The van der Waals surface area contributed by atoms with E-state index in [0.29, 0.717) is 5.75 Å². The highest BCUT2D eigenvalue weighted by Gasteiger charge is 2.36. The second-order valence-electron chi connectivity index (χ2n) is 5.76. The Morgan fingerprint density at radius 2 is 1.38 bits per heavy atom. The quantitative estimate of drug-likeness (QED) is 0.304. The summed E-state index contributed by atoms with van der Waals surface area (Å²) in [6, 6.07) is 25.2. The summed E-state index contributed by atoms with van der Waals surface area (Å²) in [4.78, 5) is 15.1. The highest BCUT2D eigenvalue weighted by Crippen LogP contribution is 2.40. The van der Waals surface area contributed by atoms with Crippen LogP contribution in [0.25, 0.3) is 0 Å². The SMILES string of the molecule is CC(=O)Oc1ccc([S+]2c3ccccc3Cc3ccccc32)cc1. The second-order valence-corrected chi connectivity index (χ2v) is 7.73. The molecule has 0 aromatic heterocycles. The van der Waals surface area contributed by atoms with Gasteiger partial charge in [-0.1, -0.05) is 36.4 Å². The molecular weight excluding hydrogens is 316 g/mol. The van der Waals surface area contributed by atoms with E-state index in [4.69, 9.17) is 4.74 Å². The lowest BCUT2D eigenvalue weighted by Crippen LogP contribution is -2.15. The Hall–Kier alpha value is -2.52. The van der Waals surface area contributed by atoms with E-state index in [0.717, 1.165) is 6.42 Å². The zero-order valence-corrected chi connectivity index (χ0v) is 14.2. The predicted molar refractivity (Wildman–Crippen MR) is 95.6 cm³/mol. The second kappa shape index (κ2) is 6.17. The molecule has 0 saturated carbocycles. The van der Waals surface area contributed by atoms with E-state index in [1.807, 2.05) is 12.1 Å². The van der Waals surface area contributed by atoms with Crippen LogP contribution < -0.4 is 4.74 Å². The van der Waals surface area contributed by atoms with Gasteiger partial charge in [-0.25, -0.2) is 0 Å². The van der Waals surface area contributed by atoms with Gasteiger partial charge in [-0.15, -0.1) is 0 Å². The molecule has 2 nitrogen and oxygen atoms in total. The molecule has 4 rings (SSSR count). The third kappa shape index (κ3) is 2.72. The lowest BCUT2D eigenvalue weighted by atomic mass is 10.0. The highest BCUT2D eigenvalue weighted by atomic mass is 32.2. The molecule has 0 fully saturated rings. The first-order chi connectivity index (χ1) is 11.7. The van der Waals surface area contributed by atoms with Gasteiger partial charge in [-0.05, 0) is 36.4 Å². The average molecular weight is 333 g/mol. The van der Waals surface area contributed by atoms with Gasteiger partial charge in [0.15, 0.2) is 14.7 Å². The van der Waals surface area contributed by atoms with Gasteiger partial charge in [0.1, 0.15) is 5.75 Å². The van der Waals surface area contributed by atoms with Crippen LogP contribution in [0.4, 0.5) is 0 Å². The molecule has 0 N–H and O–H groups in total. The summed E-state index contributed by atoms with van der Waals surface area (Å²) < 4.78 is 5.16. The predicted octanol–water partition coefficient (Wildman–Crippen LogP) is 4.61. The maximum Gasteiger partial charge on any atom is 0.308 e. The molecule has 3 heteroatoms. The number of carbonyl (C=O) groups excluding carboxylic acids is 1. The molecule has 0 saturated heterocycles. The van der Waals surface area contributed by atoms with Crippen LogP contribution in [0, 0.1) is 0 Å². The largest absolute Gasteiger partial charge is 0.427 e. The number of esters is 1. The molecule has 1 aliphatic rings. The molecule has 3 aromatic carbocycles. The standard InChI is InChI=1S/C21H17O2S/c1-15(22)23-18-10-12-19(13-11-18)24-20-8-4-2-6-16(20)14-17-7-3-5-9-21(17)24/h2-13H,14H2,1H3/q+1. The molecule has 0 radical (unpaired) electrons. The highest BCUT2D eigenvalue weighted by molar-refractivity contribution is 7.97. The van der Waals surface area contributed by atoms with Gasteiger partial charge in [-0.2, -0.15) is 0 Å². The molecule has 1 heterocycles. The Morgan fingerprint density at radius 1 is 0.833 bits per heavy atom. The maximum atomic E-state index is 11.1. The van der Waals surface area contributed by atoms with Crippen LogP contribution in [0.3, 0.4) is 0 Å². The first-order valence-corrected chi connectivity index (χ1v) is 9.13. The van der Waals surface area contributed by atoms with Gasteiger partial charge in [0.2, 0.25) is 0 Å². The smallest absolute Gasteiger partial charge is 0.308 e. The molecule has 0 unspecified atom stereocenters. The fraction of sp³-hybridized carbons (Fsp3) is 0.0952. The van der Waals surface area contributed by atoms with Crippen LogP contribution in [0.5, 0.6) is 5.75 Å². The summed E-state index contributed by atoms with van der Waals surface area (Å²) in [5.41, 5.74) is 2.78. The van der Waals surface area contributed by atoms with E-state index in [1.165, 1.54) is 32.7 Å². The van der Waals surface area contributed by atoms with Crippen molar-refractivity contribution < 1.29 is 9.53 Å². The molecule has 1 aliphatic heterocycles. The average Bonchev–Trinajstić information content (AvgIpc) is 2.60. The Kier molecular flexibility index (Phi) is 3.87. The molecule has 0 atom stereocenters. The van der Waals surface area contributed by atoms with Crippen molar-refractivity contribution in [2.24, 2.45) is 0 Å². The third-order valence-electron chi connectivity index (χ3n) is 4.09. The molecule has 0 aliphatic carbocycles. The molecule has 0 amide bonds. The first-order valence-electron chi connectivity index (χ1n) is 7.91. The van der Waals surface area contributed by atoms with E-state index in [1.54, 1.807) is 0 Å². The van der Waals surface area contributed by atoms with Gasteiger partial charge in [0.05, 0.1) is 10.9 Å². The monoisotopic (exact) mass is 333 g/mol. The van der Waals surface area contributed by atoms with Gasteiger partial charge < -0.3 is 4.74 Å². The number of fused-ring (bicyclic) bond motifs is 2. The van der Waals surface area contributed by atoms with E-state index >= 15 is 0 Å². The molecule has 24 heavy (non-hydrogen) atoms. The minimum atomic E-state index is -0.293. The number of hydrogen-bond donors (Lipinski definition) is 0. The molecular formula is C21H17O2S+. The molecule has 118 valence electrons. The van der Waals surface area contributed by atoms with Gasteiger partial charge >= 0.3 is 5.97 Å². The lowest BCUT2D eigenvalue weighted by Gasteiger charge is -2.19. The maximum absolute atomic E-state index is 11.1. The summed E-state index contributed by atoms with van der Waals surface area (Å²) in [5, 5.41) is 0. The van der Waals surface area contributed by atoms with Crippen LogP contribution in [0.15, 0.2) is 87.5 Å². The number of ether oxygens (including phenoxy) is 1. The van der Waals surface area contributed by atoms with Crippen LogP contribution in [0.1, 0.15) is 18.1 Å². The van der Waals surface area contributed by atoms with Crippen molar-refractivity contribution in [3.63, 3.8) is 0 Å². The summed E-state index contributed by atoms with van der Waals surface area (Å²) >= 11 is 0. The van der Waals surface area contributed by atoms with E-state index < -0.39 is 0 Å². The number of hydrogen-bond acceptors (Lipinski definition) is 2. The third-order valence-corrected chi connectivity index (χ3v) is 6.51. The van der Waals surface area contributed by atoms with Crippen LogP contribution >= 0.6 is 0 Å². The van der Waals surface area contributed by atoms with Crippen LogP contribution in [-0.4, -0.2) is 5.97 Å². The van der Waals surface area contributed by atoms with Crippen LogP contribution in [0.2, 0.25) is 0 Å². The summed E-state index contributed by atoms with van der Waals surface area (Å²) in [6.07, 6.45) is 0.987. The zero-order chi connectivity index (χ0) is 16.5. The van der Waals surface area contributed by atoms with Gasteiger partial charge in [0.25, 0.3) is 0 Å². The topological polar surface area (TPSA) is 26.3 Å². The van der Waals surface area contributed by atoms with E-state index in [9.17, 15) is 4.79 Å². The van der Waals surface area contributed by atoms with Crippen molar-refractivity contribution in [2.45, 2.75) is 28.0 Å². The lowest BCUT2D eigenvalue weighted by molar-refractivity contribution is -0.131. The fourth-order valence-corrected chi connectivity index (χ4v) is 5.47. The minimum Gasteiger partial charge on any atom is -0.427 e. The van der Waals surface area contributed by atoms with Gasteiger partial charge in [0, 0.05) is 24.5 Å². The van der Waals surface area contributed by atoms with Crippen molar-refractivity contribution in [3.05, 3.63) is 83.9 Å². The molecule has 3 aromatic rings. The normalized spacial score (nSPS) is 13.0. The van der Waals surface area contributed by atoms with E-state index in [-0.39, 0.29) is 16.9 Å². The Morgan fingerprint density at radius 3 is 1.92 bits per heavy atom. The van der Waals surface area contributed by atoms with E-state index in [2.05, 4.69) is 60.7 Å². The van der Waals surface area contributed by atoms with Crippen molar-refractivity contribution in [3.8, 4) is 5.75 Å². The number of carbonyl (C=O) groups is 1. The Balaban J connectivity index is 1.81.